The summed E-state index contributed by atoms with van der Waals surface area (Å²) in [4.78, 5) is 4.77. The summed E-state index contributed by atoms with van der Waals surface area (Å²) in [6.07, 6.45) is 4.28. The van der Waals surface area contributed by atoms with Gasteiger partial charge in [-0.25, -0.2) is 4.98 Å². The van der Waals surface area contributed by atoms with Crippen LogP contribution in [0.5, 0.6) is 0 Å². The van der Waals surface area contributed by atoms with Gasteiger partial charge >= 0.3 is 0 Å². The van der Waals surface area contributed by atoms with Crippen LogP contribution in [0.4, 0.5) is 0 Å². The van der Waals surface area contributed by atoms with Gasteiger partial charge in [0.2, 0.25) is 0 Å². The van der Waals surface area contributed by atoms with Crippen LogP contribution in [0, 0.1) is 0 Å². The summed E-state index contributed by atoms with van der Waals surface area (Å²) in [7, 11) is 0. The number of hydrogen-bond acceptors (Lipinski definition) is 2. The lowest BCUT2D eigenvalue weighted by molar-refractivity contribution is 1.13. The molecule has 0 amide bonds. The van der Waals surface area contributed by atoms with E-state index in [1.54, 1.807) is 11.8 Å². The molecule has 0 radical (unpaired) electrons. The Balaban J connectivity index is 2.08. The standard InChI is InChI=1S/C18H14N2S/c1-21-18-17-11-14(13-7-3-2-4-8-13)12-20(17)16-10-6-5-9-15(16)19-18/h2-12H,1H3. The normalized spacial score (nSPS) is 11.3. The molecule has 0 saturated carbocycles. The second-order valence-electron chi connectivity index (χ2n) is 4.96. The number of rotatable bonds is 2. The number of hydrogen-bond donors (Lipinski definition) is 0. The van der Waals surface area contributed by atoms with Gasteiger partial charge in [-0.1, -0.05) is 42.5 Å². The summed E-state index contributed by atoms with van der Waals surface area (Å²) >= 11 is 1.69. The molecule has 2 nitrogen and oxygen atoms in total. The van der Waals surface area contributed by atoms with Gasteiger partial charge in [0.25, 0.3) is 0 Å². The van der Waals surface area contributed by atoms with Crippen molar-refractivity contribution in [1.29, 1.82) is 0 Å². The molecule has 0 saturated heterocycles. The zero-order valence-corrected chi connectivity index (χ0v) is 12.5. The number of para-hydroxylation sites is 2. The molecule has 4 rings (SSSR count). The third-order valence-corrected chi connectivity index (χ3v) is 4.39. The van der Waals surface area contributed by atoms with Crippen LogP contribution in [-0.4, -0.2) is 15.6 Å². The van der Waals surface area contributed by atoms with E-state index in [1.165, 1.54) is 16.6 Å². The van der Waals surface area contributed by atoms with E-state index in [1.807, 2.05) is 12.1 Å². The first-order chi connectivity index (χ1) is 10.4. The molecule has 4 aromatic rings. The third kappa shape index (κ3) is 2.01. The van der Waals surface area contributed by atoms with Gasteiger partial charge in [0.15, 0.2) is 0 Å². The molecule has 0 aliphatic rings. The highest BCUT2D eigenvalue weighted by molar-refractivity contribution is 7.98. The molecule has 102 valence electrons. The van der Waals surface area contributed by atoms with Crippen LogP contribution < -0.4 is 0 Å². The Bertz CT molecular complexity index is 926. The van der Waals surface area contributed by atoms with Crippen molar-refractivity contribution in [3.05, 3.63) is 66.9 Å². The van der Waals surface area contributed by atoms with Crippen molar-refractivity contribution in [2.45, 2.75) is 5.03 Å². The van der Waals surface area contributed by atoms with E-state index in [-0.39, 0.29) is 0 Å². The molecule has 0 atom stereocenters. The van der Waals surface area contributed by atoms with Crippen molar-refractivity contribution in [3.63, 3.8) is 0 Å². The predicted octanol–water partition coefficient (Wildman–Crippen LogP) is 4.88. The molecule has 0 bridgehead atoms. The van der Waals surface area contributed by atoms with E-state index in [2.05, 4.69) is 65.4 Å². The Morgan fingerprint density at radius 3 is 2.43 bits per heavy atom. The average Bonchev–Trinajstić information content (AvgIpc) is 3.00. The maximum Gasteiger partial charge on any atom is 0.121 e. The molecule has 2 aromatic heterocycles. The van der Waals surface area contributed by atoms with Crippen LogP contribution in [-0.2, 0) is 0 Å². The van der Waals surface area contributed by atoms with Gasteiger partial charge < -0.3 is 4.40 Å². The minimum absolute atomic E-state index is 1.03. The first kappa shape index (κ1) is 12.5. The first-order valence-corrected chi connectivity index (χ1v) is 8.09. The summed E-state index contributed by atoms with van der Waals surface area (Å²) < 4.78 is 2.25. The second kappa shape index (κ2) is 4.93. The van der Waals surface area contributed by atoms with Gasteiger partial charge in [-0.3, -0.25) is 0 Å². The molecule has 0 N–H and O–H groups in total. The van der Waals surface area contributed by atoms with Crippen molar-refractivity contribution in [3.8, 4) is 11.1 Å². The third-order valence-electron chi connectivity index (χ3n) is 3.70. The molecule has 0 spiro atoms. The summed E-state index contributed by atoms with van der Waals surface area (Å²) in [5, 5.41) is 1.07. The van der Waals surface area contributed by atoms with E-state index in [0.717, 1.165) is 16.1 Å². The fraction of sp³-hybridized carbons (Fsp3) is 0.0556. The summed E-state index contributed by atoms with van der Waals surface area (Å²) in [5.41, 5.74) is 5.80. The maximum absolute atomic E-state index is 4.77. The molecular formula is C18H14N2S. The van der Waals surface area contributed by atoms with Crippen LogP contribution in [0.2, 0.25) is 0 Å². The fourth-order valence-electron chi connectivity index (χ4n) is 2.69. The predicted molar refractivity (Wildman–Crippen MR) is 89.9 cm³/mol. The highest BCUT2D eigenvalue weighted by Gasteiger charge is 2.10. The van der Waals surface area contributed by atoms with E-state index < -0.39 is 0 Å². The van der Waals surface area contributed by atoms with E-state index in [9.17, 15) is 0 Å². The zero-order valence-electron chi connectivity index (χ0n) is 11.7. The van der Waals surface area contributed by atoms with Gasteiger partial charge in [-0.05, 0) is 30.0 Å². The fourth-order valence-corrected chi connectivity index (χ4v) is 3.25. The summed E-state index contributed by atoms with van der Waals surface area (Å²) in [6.45, 7) is 0. The van der Waals surface area contributed by atoms with Gasteiger partial charge in [-0.2, -0.15) is 0 Å². The number of aromatic nitrogens is 2. The van der Waals surface area contributed by atoms with Gasteiger partial charge in [0, 0.05) is 11.8 Å². The Morgan fingerprint density at radius 2 is 1.62 bits per heavy atom. The Hall–Kier alpha value is -2.26. The van der Waals surface area contributed by atoms with Crippen molar-refractivity contribution >= 4 is 28.3 Å². The Labute approximate surface area is 127 Å². The monoisotopic (exact) mass is 290 g/mol. The zero-order chi connectivity index (χ0) is 14.2. The van der Waals surface area contributed by atoms with Crippen LogP contribution in [0.3, 0.4) is 0 Å². The lowest BCUT2D eigenvalue weighted by Gasteiger charge is -2.05. The van der Waals surface area contributed by atoms with Crippen molar-refractivity contribution in [2.24, 2.45) is 0 Å². The molecule has 0 aliphatic carbocycles. The van der Waals surface area contributed by atoms with E-state index in [4.69, 9.17) is 4.98 Å². The van der Waals surface area contributed by atoms with Crippen LogP contribution in [0.25, 0.3) is 27.7 Å². The summed E-state index contributed by atoms with van der Waals surface area (Å²) in [6, 6.07) is 21.0. The van der Waals surface area contributed by atoms with Crippen LogP contribution >= 0.6 is 11.8 Å². The van der Waals surface area contributed by atoms with E-state index in [0.29, 0.717) is 0 Å². The first-order valence-electron chi connectivity index (χ1n) is 6.87. The second-order valence-corrected chi connectivity index (χ2v) is 5.75. The molecule has 0 fully saturated rings. The Kier molecular flexibility index (Phi) is 2.93. The Morgan fingerprint density at radius 1 is 0.857 bits per heavy atom. The van der Waals surface area contributed by atoms with E-state index >= 15 is 0 Å². The number of fused-ring (bicyclic) bond motifs is 3. The maximum atomic E-state index is 4.77. The van der Waals surface area contributed by atoms with Gasteiger partial charge in [-0.15, -0.1) is 11.8 Å². The molecule has 2 aromatic carbocycles. The molecule has 0 aliphatic heterocycles. The topological polar surface area (TPSA) is 17.3 Å². The highest BCUT2D eigenvalue weighted by atomic mass is 32.2. The lowest BCUT2D eigenvalue weighted by Crippen LogP contribution is -1.92. The van der Waals surface area contributed by atoms with Crippen LogP contribution in [0.1, 0.15) is 0 Å². The average molecular weight is 290 g/mol. The largest absolute Gasteiger partial charge is 0.312 e. The van der Waals surface area contributed by atoms with Crippen molar-refractivity contribution < 1.29 is 0 Å². The molecule has 0 unspecified atom stereocenters. The number of nitrogens with zero attached hydrogens (tertiary/aromatic N) is 2. The van der Waals surface area contributed by atoms with Crippen LogP contribution in [0.15, 0.2) is 71.9 Å². The SMILES string of the molecule is CSc1nc2ccccc2n2cc(-c3ccccc3)cc12. The minimum Gasteiger partial charge on any atom is -0.312 e. The van der Waals surface area contributed by atoms with Gasteiger partial charge in [0.05, 0.1) is 16.6 Å². The minimum atomic E-state index is 1.03. The van der Waals surface area contributed by atoms with Crippen molar-refractivity contribution in [2.75, 3.05) is 6.26 Å². The van der Waals surface area contributed by atoms with Crippen molar-refractivity contribution in [1.82, 2.24) is 9.38 Å². The molecule has 3 heteroatoms. The molecule has 21 heavy (non-hydrogen) atoms. The quantitative estimate of drug-likeness (QED) is 0.490. The molecular weight excluding hydrogens is 276 g/mol. The van der Waals surface area contributed by atoms with Gasteiger partial charge in [0.1, 0.15) is 5.03 Å². The number of thioether (sulfide) groups is 1. The number of benzene rings is 2. The smallest absolute Gasteiger partial charge is 0.121 e. The summed E-state index contributed by atoms with van der Waals surface area (Å²) in [5.74, 6) is 0. The molecule has 2 heterocycles. The lowest BCUT2D eigenvalue weighted by atomic mass is 10.1. The highest BCUT2D eigenvalue weighted by Crippen LogP contribution is 2.30.